The molecule has 4 heteroatoms. The molecular formula is C13H11Br2NO. The Morgan fingerprint density at radius 1 is 1.00 bits per heavy atom. The fourth-order valence-corrected chi connectivity index (χ4v) is 2.12. The highest BCUT2D eigenvalue weighted by atomic mass is 79.9. The molecule has 2 aromatic rings. The third kappa shape index (κ3) is 3.48. The largest absolute Gasteiger partial charge is 0.507 e. The zero-order valence-electron chi connectivity index (χ0n) is 8.95. The molecule has 0 saturated heterocycles. The van der Waals surface area contributed by atoms with Gasteiger partial charge in [0.25, 0.3) is 0 Å². The minimum atomic E-state index is 0.261. The van der Waals surface area contributed by atoms with E-state index in [1.165, 1.54) is 0 Å². The second kappa shape index (κ2) is 5.56. The average Bonchev–Trinajstić information content (AvgIpc) is 2.33. The van der Waals surface area contributed by atoms with E-state index in [-0.39, 0.29) is 5.75 Å². The van der Waals surface area contributed by atoms with E-state index in [1.807, 2.05) is 36.4 Å². The number of aromatic hydroxyl groups is 1. The molecule has 0 aromatic heterocycles. The van der Waals surface area contributed by atoms with E-state index in [4.69, 9.17) is 0 Å². The summed E-state index contributed by atoms with van der Waals surface area (Å²) in [6.45, 7) is 0.723. The van der Waals surface area contributed by atoms with Crippen LogP contribution in [0.2, 0.25) is 0 Å². The van der Waals surface area contributed by atoms with Crippen LogP contribution in [0.5, 0.6) is 5.75 Å². The van der Waals surface area contributed by atoms with Crippen molar-refractivity contribution < 1.29 is 5.11 Å². The second-order valence-electron chi connectivity index (χ2n) is 3.65. The molecule has 2 aromatic carbocycles. The van der Waals surface area contributed by atoms with Crippen LogP contribution in [-0.4, -0.2) is 5.11 Å². The molecule has 0 saturated carbocycles. The molecule has 0 aliphatic carbocycles. The quantitative estimate of drug-likeness (QED) is 0.846. The third-order valence-electron chi connectivity index (χ3n) is 2.35. The topological polar surface area (TPSA) is 32.3 Å². The Morgan fingerprint density at radius 2 is 1.71 bits per heavy atom. The van der Waals surface area contributed by atoms with Crippen LogP contribution in [0.4, 0.5) is 5.69 Å². The Bertz CT molecular complexity index is 511. The highest BCUT2D eigenvalue weighted by molar-refractivity contribution is 9.10. The first-order chi connectivity index (χ1) is 8.15. The Labute approximate surface area is 117 Å². The number of nitrogens with one attached hydrogen (secondary N) is 1. The SMILES string of the molecule is Oc1ccc(CNc2ccc(Br)cc2)cc1Br. The first kappa shape index (κ1) is 12.5. The van der Waals surface area contributed by atoms with Gasteiger partial charge in [-0.15, -0.1) is 0 Å². The monoisotopic (exact) mass is 355 g/mol. The molecule has 0 fully saturated rings. The first-order valence-electron chi connectivity index (χ1n) is 5.12. The standard InChI is InChI=1S/C13H11Br2NO/c14-10-2-4-11(5-3-10)16-8-9-1-6-13(17)12(15)7-9/h1-7,16-17H,8H2. The fourth-order valence-electron chi connectivity index (χ4n) is 1.43. The highest BCUT2D eigenvalue weighted by Gasteiger charge is 1.99. The van der Waals surface area contributed by atoms with Crippen LogP contribution in [0.15, 0.2) is 51.4 Å². The van der Waals surface area contributed by atoms with Gasteiger partial charge in [0, 0.05) is 16.7 Å². The maximum atomic E-state index is 9.39. The summed E-state index contributed by atoms with van der Waals surface area (Å²) in [4.78, 5) is 0. The van der Waals surface area contributed by atoms with Crippen LogP contribution in [0.25, 0.3) is 0 Å². The zero-order chi connectivity index (χ0) is 12.3. The van der Waals surface area contributed by atoms with Gasteiger partial charge >= 0.3 is 0 Å². The van der Waals surface area contributed by atoms with Crippen molar-refractivity contribution in [2.75, 3.05) is 5.32 Å². The molecule has 2 rings (SSSR count). The number of benzene rings is 2. The molecule has 0 amide bonds. The van der Waals surface area contributed by atoms with E-state index in [0.29, 0.717) is 4.47 Å². The van der Waals surface area contributed by atoms with Crippen LogP contribution in [0, 0.1) is 0 Å². The molecule has 0 unspecified atom stereocenters. The number of phenols is 1. The van der Waals surface area contributed by atoms with Gasteiger partial charge in [-0.25, -0.2) is 0 Å². The van der Waals surface area contributed by atoms with E-state index in [1.54, 1.807) is 6.07 Å². The zero-order valence-corrected chi connectivity index (χ0v) is 12.1. The van der Waals surface area contributed by atoms with Crippen LogP contribution in [0.1, 0.15) is 5.56 Å². The lowest BCUT2D eigenvalue weighted by Gasteiger charge is -2.07. The minimum Gasteiger partial charge on any atom is -0.507 e. The fraction of sp³-hybridized carbons (Fsp3) is 0.0769. The number of hydrogen-bond acceptors (Lipinski definition) is 2. The van der Waals surface area contributed by atoms with Crippen molar-refractivity contribution >= 4 is 37.5 Å². The van der Waals surface area contributed by atoms with Crippen molar-refractivity contribution in [1.29, 1.82) is 0 Å². The van der Waals surface area contributed by atoms with Crippen molar-refractivity contribution in [2.45, 2.75) is 6.54 Å². The summed E-state index contributed by atoms with van der Waals surface area (Å²) < 4.78 is 1.78. The van der Waals surface area contributed by atoms with Gasteiger partial charge < -0.3 is 10.4 Å². The van der Waals surface area contributed by atoms with Crippen molar-refractivity contribution in [3.63, 3.8) is 0 Å². The Hall–Kier alpha value is -1.000. The van der Waals surface area contributed by atoms with Gasteiger partial charge in [0.05, 0.1) is 4.47 Å². The first-order valence-corrected chi connectivity index (χ1v) is 6.70. The molecule has 0 spiro atoms. The van der Waals surface area contributed by atoms with Gasteiger partial charge in [-0.2, -0.15) is 0 Å². The van der Waals surface area contributed by atoms with Crippen LogP contribution >= 0.6 is 31.9 Å². The molecule has 0 bridgehead atoms. The molecule has 0 heterocycles. The summed E-state index contributed by atoms with van der Waals surface area (Å²) in [5.41, 5.74) is 2.18. The van der Waals surface area contributed by atoms with Crippen LogP contribution in [0.3, 0.4) is 0 Å². The summed E-state index contributed by atoms with van der Waals surface area (Å²) >= 11 is 6.70. The van der Waals surface area contributed by atoms with Gasteiger partial charge in [-0.1, -0.05) is 22.0 Å². The number of rotatable bonds is 3. The van der Waals surface area contributed by atoms with E-state index in [2.05, 4.69) is 37.2 Å². The molecular weight excluding hydrogens is 346 g/mol. The molecule has 0 atom stereocenters. The van der Waals surface area contributed by atoms with Crippen molar-refractivity contribution in [2.24, 2.45) is 0 Å². The second-order valence-corrected chi connectivity index (χ2v) is 5.42. The normalized spacial score (nSPS) is 10.2. The maximum absolute atomic E-state index is 9.39. The summed E-state index contributed by atoms with van der Waals surface area (Å²) in [5.74, 6) is 0.261. The van der Waals surface area contributed by atoms with E-state index < -0.39 is 0 Å². The molecule has 0 radical (unpaired) electrons. The van der Waals surface area contributed by atoms with Crippen molar-refractivity contribution in [1.82, 2.24) is 0 Å². The Kier molecular flexibility index (Phi) is 4.07. The summed E-state index contributed by atoms with van der Waals surface area (Å²) in [6.07, 6.45) is 0. The van der Waals surface area contributed by atoms with E-state index >= 15 is 0 Å². The number of anilines is 1. The van der Waals surface area contributed by atoms with E-state index in [0.717, 1.165) is 22.3 Å². The lowest BCUT2D eigenvalue weighted by atomic mass is 10.2. The molecule has 0 aliphatic rings. The smallest absolute Gasteiger partial charge is 0.129 e. The third-order valence-corrected chi connectivity index (χ3v) is 3.52. The van der Waals surface area contributed by atoms with Gasteiger partial charge in [-0.3, -0.25) is 0 Å². The lowest BCUT2D eigenvalue weighted by molar-refractivity contribution is 0.471. The number of phenolic OH excluding ortho intramolecular Hbond substituents is 1. The van der Waals surface area contributed by atoms with Gasteiger partial charge in [0.1, 0.15) is 5.75 Å². The number of hydrogen-bond donors (Lipinski definition) is 2. The van der Waals surface area contributed by atoms with Crippen LogP contribution < -0.4 is 5.32 Å². The molecule has 2 nitrogen and oxygen atoms in total. The highest BCUT2D eigenvalue weighted by Crippen LogP contribution is 2.24. The Balaban J connectivity index is 2.02. The van der Waals surface area contributed by atoms with Gasteiger partial charge in [-0.05, 0) is 57.9 Å². The maximum Gasteiger partial charge on any atom is 0.129 e. The summed E-state index contributed by atoms with van der Waals surface area (Å²) in [6, 6.07) is 13.5. The van der Waals surface area contributed by atoms with Crippen molar-refractivity contribution in [3.05, 3.63) is 57.0 Å². The molecule has 0 aliphatic heterocycles. The van der Waals surface area contributed by atoms with Crippen molar-refractivity contribution in [3.8, 4) is 5.75 Å². The van der Waals surface area contributed by atoms with Crippen LogP contribution in [-0.2, 0) is 6.54 Å². The van der Waals surface area contributed by atoms with Gasteiger partial charge in [0.15, 0.2) is 0 Å². The lowest BCUT2D eigenvalue weighted by Crippen LogP contribution is -1.98. The predicted octanol–water partition coefficient (Wildman–Crippen LogP) is 4.53. The minimum absolute atomic E-state index is 0.261. The molecule has 88 valence electrons. The Morgan fingerprint density at radius 3 is 2.35 bits per heavy atom. The number of halogens is 2. The predicted molar refractivity (Wildman–Crippen MR) is 77.3 cm³/mol. The summed E-state index contributed by atoms with van der Waals surface area (Å²) in [5, 5.41) is 12.7. The average molecular weight is 357 g/mol. The summed E-state index contributed by atoms with van der Waals surface area (Å²) in [7, 11) is 0. The molecule has 2 N–H and O–H groups in total. The van der Waals surface area contributed by atoms with E-state index in [9.17, 15) is 5.11 Å². The van der Waals surface area contributed by atoms with Gasteiger partial charge in [0.2, 0.25) is 0 Å². The molecule has 17 heavy (non-hydrogen) atoms.